The van der Waals surface area contributed by atoms with Crippen LogP contribution in [-0.2, 0) is 5.41 Å². The van der Waals surface area contributed by atoms with Gasteiger partial charge in [-0.25, -0.2) is 5.43 Å². The van der Waals surface area contributed by atoms with E-state index in [4.69, 9.17) is 0 Å². The van der Waals surface area contributed by atoms with E-state index in [-0.39, 0.29) is 11.3 Å². The highest BCUT2D eigenvalue weighted by atomic mass is 16.2. The Kier molecular flexibility index (Phi) is 4.81. The van der Waals surface area contributed by atoms with Crippen molar-refractivity contribution in [1.82, 2.24) is 5.43 Å². The van der Waals surface area contributed by atoms with E-state index in [1.54, 1.807) is 0 Å². The number of hydrogen-bond donors (Lipinski definition) is 1. The minimum Gasteiger partial charge on any atom is -0.267 e. The van der Waals surface area contributed by atoms with Gasteiger partial charge in [0.2, 0.25) is 0 Å². The summed E-state index contributed by atoms with van der Waals surface area (Å²) in [5, 5.41) is 4.33. The third-order valence-corrected chi connectivity index (χ3v) is 4.20. The summed E-state index contributed by atoms with van der Waals surface area (Å²) in [4.78, 5) is 12.1. The molecule has 1 N–H and O–H groups in total. The van der Waals surface area contributed by atoms with Crippen molar-refractivity contribution in [3.8, 4) is 0 Å². The van der Waals surface area contributed by atoms with Gasteiger partial charge in [0.15, 0.2) is 0 Å². The summed E-state index contributed by atoms with van der Waals surface area (Å²) in [5.74, 6) is 0.364. The summed E-state index contributed by atoms with van der Waals surface area (Å²) < 4.78 is 0. The molecule has 1 aliphatic carbocycles. The van der Waals surface area contributed by atoms with Gasteiger partial charge in [0.25, 0.3) is 5.91 Å². The van der Waals surface area contributed by atoms with Crippen LogP contribution in [-0.4, -0.2) is 11.6 Å². The third-order valence-electron chi connectivity index (χ3n) is 4.20. The van der Waals surface area contributed by atoms with Gasteiger partial charge in [0.05, 0.1) is 0 Å². The van der Waals surface area contributed by atoms with Crippen molar-refractivity contribution in [2.24, 2.45) is 11.0 Å². The van der Waals surface area contributed by atoms with Crippen molar-refractivity contribution in [3.63, 3.8) is 0 Å². The summed E-state index contributed by atoms with van der Waals surface area (Å²) in [7, 11) is 0. The smallest absolute Gasteiger partial charge is 0.267 e. The average molecular weight is 286 g/mol. The second-order valence-electron chi connectivity index (χ2n) is 7.02. The number of nitrogens with one attached hydrogen (secondary N) is 1. The highest BCUT2D eigenvalue weighted by Gasteiger charge is 2.17. The zero-order valence-corrected chi connectivity index (χ0v) is 13.6. The van der Waals surface area contributed by atoms with Crippen molar-refractivity contribution >= 4 is 11.6 Å². The Morgan fingerprint density at radius 1 is 1.19 bits per heavy atom. The zero-order valence-electron chi connectivity index (χ0n) is 13.6. The van der Waals surface area contributed by atoms with Gasteiger partial charge in [-0.05, 0) is 48.3 Å². The zero-order chi connectivity index (χ0) is 15.5. The first-order valence-electron chi connectivity index (χ1n) is 7.85. The number of hydrazone groups is 1. The van der Waals surface area contributed by atoms with Crippen LogP contribution in [0.3, 0.4) is 0 Å². The fourth-order valence-corrected chi connectivity index (χ4v) is 2.64. The van der Waals surface area contributed by atoms with E-state index >= 15 is 0 Å². The van der Waals surface area contributed by atoms with Crippen LogP contribution < -0.4 is 5.43 Å². The molecule has 0 unspecified atom stereocenters. The summed E-state index contributed by atoms with van der Waals surface area (Å²) in [6.45, 7) is 8.68. The minimum atomic E-state index is -0.124. The Bertz CT molecular complexity index is 523. The molecule has 0 spiro atoms. The molecule has 2 rings (SSSR count). The molecule has 3 heteroatoms. The quantitative estimate of drug-likeness (QED) is 0.810. The molecule has 1 aromatic rings. The monoisotopic (exact) mass is 286 g/mol. The molecular formula is C18H26N2O. The maximum Gasteiger partial charge on any atom is 0.271 e. The van der Waals surface area contributed by atoms with Crippen molar-refractivity contribution in [3.05, 3.63) is 35.4 Å². The van der Waals surface area contributed by atoms with Crippen LogP contribution in [0, 0.1) is 5.92 Å². The molecule has 0 bridgehead atoms. The van der Waals surface area contributed by atoms with Crippen LogP contribution in [0.1, 0.15) is 69.3 Å². The van der Waals surface area contributed by atoms with Crippen LogP contribution in [0.15, 0.2) is 29.4 Å². The predicted octanol–water partition coefficient (Wildman–Crippen LogP) is 4.28. The minimum absolute atomic E-state index is 0.104. The standard InChI is InChI=1S/C18H26N2O/c1-13-7-5-6-8-16(13)19-20-17(21)14-9-11-15(12-10-14)18(2,3)4/h9-13H,5-8H2,1-4H3,(H,20,21)/b19-16+/t13-/m0/s1. The van der Waals surface area contributed by atoms with Crippen molar-refractivity contribution in [1.29, 1.82) is 0 Å². The molecule has 1 aromatic carbocycles. The van der Waals surface area contributed by atoms with E-state index in [2.05, 4.69) is 38.2 Å². The summed E-state index contributed by atoms with van der Waals surface area (Å²) >= 11 is 0. The molecular weight excluding hydrogens is 260 g/mol. The van der Waals surface area contributed by atoms with Crippen LogP contribution in [0.25, 0.3) is 0 Å². The van der Waals surface area contributed by atoms with Gasteiger partial charge >= 0.3 is 0 Å². The lowest BCUT2D eigenvalue weighted by atomic mass is 9.87. The number of hydrogen-bond acceptors (Lipinski definition) is 2. The largest absolute Gasteiger partial charge is 0.271 e. The van der Waals surface area contributed by atoms with Crippen molar-refractivity contribution < 1.29 is 4.79 Å². The SMILES string of the molecule is C[C@H]1CCCC/C1=N\NC(=O)c1ccc(C(C)(C)C)cc1. The van der Waals surface area contributed by atoms with Crippen LogP contribution in [0.4, 0.5) is 0 Å². The first-order chi connectivity index (χ1) is 9.88. The van der Waals surface area contributed by atoms with Gasteiger partial charge in [-0.15, -0.1) is 0 Å². The average Bonchev–Trinajstić information content (AvgIpc) is 2.45. The van der Waals surface area contributed by atoms with Crippen LogP contribution in [0.5, 0.6) is 0 Å². The van der Waals surface area contributed by atoms with E-state index in [1.165, 1.54) is 24.8 Å². The lowest BCUT2D eigenvalue weighted by Gasteiger charge is -2.20. The van der Waals surface area contributed by atoms with Gasteiger partial charge in [0.1, 0.15) is 0 Å². The summed E-state index contributed by atoms with van der Waals surface area (Å²) in [6.07, 6.45) is 4.63. The summed E-state index contributed by atoms with van der Waals surface area (Å²) in [6, 6.07) is 7.79. The Morgan fingerprint density at radius 2 is 1.86 bits per heavy atom. The Hall–Kier alpha value is -1.64. The highest BCUT2D eigenvalue weighted by molar-refractivity contribution is 5.95. The van der Waals surface area contributed by atoms with E-state index in [0.717, 1.165) is 12.1 Å². The second kappa shape index (κ2) is 6.42. The van der Waals surface area contributed by atoms with E-state index < -0.39 is 0 Å². The number of carbonyl (C=O) groups is 1. The second-order valence-corrected chi connectivity index (χ2v) is 7.02. The first kappa shape index (κ1) is 15.7. The molecule has 0 aliphatic heterocycles. The maximum atomic E-state index is 12.1. The first-order valence-corrected chi connectivity index (χ1v) is 7.85. The molecule has 0 radical (unpaired) electrons. The fraction of sp³-hybridized carbons (Fsp3) is 0.556. The summed E-state index contributed by atoms with van der Waals surface area (Å²) in [5.41, 5.74) is 5.83. The van der Waals surface area contributed by atoms with Crippen LogP contribution >= 0.6 is 0 Å². The molecule has 21 heavy (non-hydrogen) atoms. The molecule has 0 heterocycles. The Balaban J connectivity index is 2.02. The van der Waals surface area contributed by atoms with Gasteiger partial charge in [-0.1, -0.05) is 46.2 Å². The third kappa shape index (κ3) is 4.16. The normalized spacial score (nSPS) is 21.3. The number of amides is 1. The molecule has 1 atom stereocenters. The van der Waals surface area contributed by atoms with Crippen molar-refractivity contribution in [2.45, 2.75) is 58.8 Å². The van der Waals surface area contributed by atoms with E-state index in [0.29, 0.717) is 11.5 Å². The van der Waals surface area contributed by atoms with E-state index in [9.17, 15) is 4.79 Å². The number of benzene rings is 1. The predicted molar refractivity (Wildman–Crippen MR) is 87.7 cm³/mol. The van der Waals surface area contributed by atoms with Gasteiger partial charge < -0.3 is 0 Å². The Labute approximate surface area is 127 Å². The molecule has 1 fully saturated rings. The molecule has 114 valence electrons. The van der Waals surface area contributed by atoms with Gasteiger partial charge in [0, 0.05) is 11.3 Å². The van der Waals surface area contributed by atoms with Crippen LogP contribution in [0.2, 0.25) is 0 Å². The maximum absolute atomic E-state index is 12.1. The number of carbonyl (C=O) groups excluding carboxylic acids is 1. The number of rotatable bonds is 2. The lowest BCUT2D eigenvalue weighted by molar-refractivity contribution is 0.0954. The molecule has 0 aromatic heterocycles. The topological polar surface area (TPSA) is 41.5 Å². The Morgan fingerprint density at radius 3 is 2.43 bits per heavy atom. The molecule has 3 nitrogen and oxygen atoms in total. The van der Waals surface area contributed by atoms with Gasteiger partial charge in [-0.3, -0.25) is 4.79 Å². The fourth-order valence-electron chi connectivity index (χ4n) is 2.64. The molecule has 0 saturated heterocycles. The number of nitrogens with zero attached hydrogens (tertiary/aromatic N) is 1. The molecule has 1 saturated carbocycles. The molecule has 1 aliphatic rings. The van der Waals surface area contributed by atoms with Gasteiger partial charge in [-0.2, -0.15) is 5.10 Å². The molecule has 1 amide bonds. The highest BCUT2D eigenvalue weighted by Crippen LogP contribution is 2.22. The van der Waals surface area contributed by atoms with E-state index in [1.807, 2.05) is 24.3 Å². The lowest BCUT2D eigenvalue weighted by Crippen LogP contribution is -2.24. The van der Waals surface area contributed by atoms with Crippen molar-refractivity contribution in [2.75, 3.05) is 0 Å².